The maximum Gasteiger partial charge on any atom is 0.187 e. The van der Waals surface area contributed by atoms with Crippen LogP contribution in [0.15, 0.2) is 23.4 Å². The third-order valence-electron chi connectivity index (χ3n) is 4.62. The molecule has 23 heavy (non-hydrogen) atoms. The summed E-state index contributed by atoms with van der Waals surface area (Å²) < 4.78 is 5.46. The van der Waals surface area contributed by atoms with E-state index in [0.29, 0.717) is 18.4 Å². The van der Waals surface area contributed by atoms with Gasteiger partial charge >= 0.3 is 0 Å². The topological polar surface area (TPSA) is 36.3 Å². The van der Waals surface area contributed by atoms with Crippen molar-refractivity contribution in [1.29, 1.82) is 5.41 Å². The van der Waals surface area contributed by atoms with Gasteiger partial charge in [-0.2, -0.15) is 0 Å². The summed E-state index contributed by atoms with van der Waals surface area (Å²) in [6.45, 7) is 4.68. The van der Waals surface area contributed by atoms with Crippen molar-refractivity contribution in [3.8, 4) is 0 Å². The monoisotopic (exact) mass is 358 g/mol. The number of nitrogens with zero attached hydrogens (tertiary/aromatic N) is 1. The van der Waals surface area contributed by atoms with Gasteiger partial charge in [-0.15, -0.1) is 23.2 Å². The maximum atomic E-state index is 8.19. The van der Waals surface area contributed by atoms with Gasteiger partial charge in [0.05, 0.1) is 17.9 Å². The van der Waals surface area contributed by atoms with Crippen LogP contribution in [-0.4, -0.2) is 41.8 Å². The molecule has 1 aliphatic heterocycles. The predicted octanol–water partition coefficient (Wildman–Crippen LogP) is 4.94. The van der Waals surface area contributed by atoms with E-state index in [9.17, 15) is 0 Å². The molecule has 0 amide bonds. The second-order valence-corrected chi connectivity index (χ2v) is 7.14. The number of ether oxygens (including phenoxy) is 1. The number of rotatable bonds is 7. The lowest BCUT2D eigenvalue weighted by Gasteiger charge is -2.36. The molecular formula is C18H28Cl2N2O. The lowest BCUT2D eigenvalue weighted by atomic mass is 9.87. The number of nitrogens with one attached hydrogen (secondary N) is 1. The van der Waals surface area contributed by atoms with Crippen molar-refractivity contribution in [2.75, 3.05) is 25.6 Å². The fourth-order valence-electron chi connectivity index (χ4n) is 3.41. The van der Waals surface area contributed by atoms with Gasteiger partial charge in [0.2, 0.25) is 0 Å². The Balaban J connectivity index is 2.11. The first-order valence-corrected chi connectivity index (χ1v) is 9.71. The summed E-state index contributed by atoms with van der Waals surface area (Å²) >= 11 is 12.5. The molecule has 1 heterocycles. The largest absolute Gasteiger partial charge is 0.481 e. The Labute approximate surface area is 150 Å². The lowest BCUT2D eigenvalue weighted by molar-refractivity contribution is 0.275. The van der Waals surface area contributed by atoms with E-state index < -0.39 is 0 Å². The van der Waals surface area contributed by atoms with E-state index in [1.54, 1.807) is 0 Å². The normalized spacial score (nSPS) is 23.1. The minimum atomic E-state index is 0.000952. The highest BCUT2D eigenvalue weighted by atomic mass is 35.5. The lowest BCUT2D eigenvalue weighted by Crippen LogP contribution is -2.34. The van der Waals surface area contributed by atoms with Gasteiger partial charge in [-0.25, -0.2) is 0 Å². The molecule has 0 bridgehead atoms. The molecule has 130 valence electrons. The van der Waals surface area contributed by atoms with Gasteiger partial charge in [0, 0.05) is 24.7 Å². The quantitative estimate of drug-likeness (QED) is 0.397. The van der Waals surface area contributed by atoms with E-state index >= 15 is 0 Å². The molecule has 0 spiro atoms. The highest BCUT2D eigenvalue weighted by molar-refractivity contribution is 6.22. The summed E-state index contributed by atoms with van der Waals surface area (Å²) in [7, 11) is 0. The van der Waals surface area contributed by atoms with Crippen molar-refractivity contribution in [2.24, 2.45) is 5.92 Å². The summed E-state index contributed by atoms with van der Waals surface area (Å²) in [5.74, 6) is 0.971. The van der Waals surface area contributed by atoms with E-state index in [4.69, 9.17) is 33.3 Å². The Morgan fingerprint density at radius 1 is 1.35 bits per heavy atom. The zero-order valence-electron chi connectivity index (χ0n) is 14.0. The third kappa shape index (κ3) is 5.15. The first-order chi connectivity index (χ1) is 11.2. The van der Waals surface area contributed by atoms with E-state index in [1.165, 1.54) is 30.5 Å². The SMILES string of the molecule is CCOC(=N)C(CCCCl)C1=CC=C(N2CCCCC2)C(Cl)C1. The number of likely N-dealkylation sites (tertiary alicyclic amines) is 1. The van der Waals surface area contributed by atoms with Crippen LogP contribution in [0.25, 0.3) is 0 Å². The van der Waals surface area contributed by atoms with Crippen LogP contribution in [0.5, 0.6) is 0 Å². The summed E-state index contributed by atoms with van der Waals surface area (Å²) in [4.78, 5) is 2.43. The van der Waals surface area contributed by atoms with Crippen molar-refractivity contribution in [3.05, 3.63) is 23.4 Å². The van der Waals surface area contributed by atoms with Crippen LogP contribution in [0.3, 0.4) is 0 Å². The van der Waals surface area contributed by atoms with Gasteiger partial charge in [-0.05, 0) is 51.5 Å². The van der Waals surface area contributed by atoms with Crippen molar-refractivity contribution in [3.63, 3.8) is 0 Å². The predicted molar refractivity (Wildman–Crippen MR) is 98.6 cm³/mol. The van der Waals surface area contributed by atoms with Crippen LogP contribution in [0, 0.1) is 11.3 Å². The van der Waals surface area contributed by atoms with Gasteiger partial charge in [-0.1, -0.05) is 11.6 Å². The zero-order chi connectivity index (χ0) is 16.7. The maximum absolute atomic E-state index is 8.19. The first kappa shape index (κ1) is 18.7. The molecule has 2 rings (SSSR count). The molecule has 2 atom stereocenters. The van der Waals surface area contributed by atoms with Crippen LogP contribution in [0.4, 0.5) is 0 Å². The molecule has 0 aromatic carbocycles. The fourth-order valence-corrected chi connectivity index (χ4v) is 3.96. The number of alkyl halides is 2. The molecule has 0 saturated carbocycles. The van der Waals surface area contributed by atoms with Crippen molar-refractivity contribution < 1.29 is 4.74 Å². The van der Waals surface area contributed by atoms with Crippen LogP contribution in [0.2, 0.25) is 0 Å². The Hall–Kier alpha value is -0.670. The van der Waals surface area contributed by atoms with Crippen molar-refractivity contribution in [2.45, 2.75) is 50.8 Å². The Morgan fingerprint density at radius 2 is 2.09 bits per heavy atom. The van der Waals surface area contributed by atoms with Crippen molar-refractivity contribution in [1.82, 2.24) is 4.90 Å². The minimum Gasteiger partial charge on any atom is -0.481 e. The Morgan fingerprint density at radius 3 is 2.70 bits per heavy atom. The average Bonchev–Trinajstić information content (AvgIpc) is 2.56. The Bertz CT molecular complexity index is 456. The van der Waals surface area contributed by atoms with E-state index in [1.807, 2.05) is 6.92 Å². The second kappa shape index (κ2) is 9.58. The van der Waals surface area contributed by atoms with Gasteiger partial charge in [0.15, 0.2) is 5.90 Å². The molecule has 0 radical (unpaired) electrons. The molecule has 0 aromatic rings. The molecule has 1 saturated heterocycles. The van der Waals surface area contributed by atoms with Gasteiger partial charge in [0.1, 0.15) is 0 Å². The van der Waals surface area contributed by atoms with Gasteiger partial charge in [-0.3, -0.25) is 5.41 Å². The number of allylic oxidation sites excluding steroid dienone is 3. The molecule has 1 fully saturated rings. The van der Waals surface area contributed by atoms with E-state index in [0.717, 1.165) is 32.4 Å². The summed E-state index contributed by atoms with van der Waals surface area (Å²) in [6.07, 6.45) is 10.7. The molecule has 2 aliphatic rings. The van der Waals surface area contributed by atoms with Crippen LogP contribution in [0.1, 0.15) is 45.4 Å². The fraction of sp³-hybridized carbons (Fsp3) is 0.722. The molecule has 2 unspecified atom stereocenters. The highest BCUT2D eigenvalue weighted by Crippen LogP contribution is 2.34. The van der Waals surface area contributed by atoms with E-state index in [2.05, 4.69) is 17.1 Å². The number of halogens is 2. The third-order valence-corrected chi connectivity index (χ3v) is 5.26. The van der Waals surface area contributed by atoms with Crippen LogP contribution < -0.4 is 0 Å². The van der Waals surface area contributed by atoms with Crippen LogP contribution >= 0.6 is 23.2 Å². The molecule has 5 heteroatoms. The number of hydrogen-bond acceptors (Lipinski definition) is 3. The van der Waals surface area contributed by atoms with Gasteiger partial charge in [0.25, 0.3) is 0 Å². The summed E-state index contributed by atoms with van der Waals surface area (Å²) in [6, 6.07) is 0. The highest BCUT2D eigenvalue weighted by Gasteiger charge is 2.28. The molecule has 1 N–H and O–H groups in total. The Kier molecular flexibility index (Phi) is 7.78. The zero-order valence-corrected chi connectivity index (χ0v) is 15.5. The van der Waals surface area contributed by atoms with Crippen molar-refractivity contribution >= 4 is 29.1 Å². The summed E-state index contributed by atoms with van der Waals surface area (Å²) in [5.41, 5.74) is 2.45. The van der Waals surface area contributed by atoms with Gasteiger partial charge < -0.3 is 9.64 Å². The number of piperidine rings is 1. The second-order valence-electron chi connectivity index (χ2n) is 6.23. The minimum absolute atomic E-state index is 0.000952. The molecule has 0 aromatic heterocycles. The first-order valence-electron chi connectivity index (χ1n) is 8.74. The smallest absolute Gasteiger partial charge is 0.187 e. The molecular weight excluding hydrogens is 331 g/mol. The van der Waals surface area contributed by atoms with Crippen LogP contribution in [-0.2, 0) is 4.74 Å². The standard InChI is InChI=1S/C18H28Cl2N2O/c1-2-23-18(21)15(7-6-10-19)14-8-9-17(16(20)13-14)22-11-4-3-5-12-22/h8-9,15-16,21H,2-7,10-13H2,1H3. The van der Waals surface area contributed by atoms with E-state index in [-0.39, 0.29) is 11.3 Å². The number of hydrogen-bond donors (Lipinski definition) is 1. The summed E-state index contributed by atoms with van der Waals surface area (Å²) in [5, 5.41) is 8.19. The molecule has 1 aliphatic carbocycles. The average molecular weight is 359 g/mol. The molecule has 3 nitrogen and oxygen atoms in total.